The van der Waals surface area contributed by atoms with Crippen LogP contribution >= 0.6 is 0 Å². The van der Waals surface area contributed by atoms with Crippen molar-refractivity contribution in [3.63, 3.8) is 0 Å². The second-order valence-electron chi connectivity index (χ2n) is 5.31. The van der Waals surface area contributed by atoms with Crippen molar-refractivity contribution in [2.24, 2.45) is 5.41 Å². The number of hydrogen-bond donors (Lipinski definition) is 2. The minimum Gasteiger partial charge on any atom is -0.477 e. The number of rotatable bonds is 4. The van der Waals surface area contributed by atoms with Crippen molar-refractivity contribution >= 4 is 11.9 Å². The van der Waals surface area contributed by atoms with E-state index in [0.29, 0.717) is 6.54 Å². The highest BCUT2D eigenvalue weighted by Gasteiger charge is 2.35. The van der Waals surface area contributed by atoms with Gasteiger partial charge in [-0.2, -0.15) is 0 Å². The van der Waals surface area contributed by atoms with E-state index in [1.807, 2.05) is 6.92 Å². The molecule has 1 aliphatic rings. The number of aromatic nitrogens is 1. The number of pyridine rings is 1. The van der Waals surface area contributed by atoms with Crippen molar-refractivity contribution in [2.45, 2.75) is 39.2 Å². The summed E-state index contributed by atoms with van der Waals surface area (Å²) in [7, 11) is 0. The Labute approximate surface area is 112 Å². The van der Waals surface area contributed by atoms with Gasteiger partial charge in [0, 0.05) is 18.2 Å². The summed E-state index contributed by atoms with van der Waals surface area (Å²) in [5, 5.41) is 11.6. The van der Waals surface area contributed by atoms with Crippen molar-refractivity contribution in [2.75, 3.05) is 0 Å². The highest BCUT2D eigenvalue weighted by atomic mass is 16.4. The average Bonchev–Trinajstić information content (AvgIpc) is 2.84. The third kappa shape index (κ3) is 3.10. The quantitative estimate of drug-likeness (QED) is 0.869. The lowest BCUT2D eigenvalue weighted by Crippen LogP contribution is -2.36. The molecule has 102 valence electrons. The molecule has 19 heavy (non-hydrogen) atoms. The van der Waals surface area contributed by atoms with Gasteiger partial charge < -0.3 is 10.4 Å². The van der Waals surface area contributed by atoms with Gasteiger partial charge in [-0.15, -0.1) is 0 Å². The number of carbonyl (C=O) groups excluding carboxylic acids is 1. The van der Waals surface area contributed by atoms with Crippen molar-refractivity contribution in [3.05, 3.63) is 29.6 Å². The Hall–Kier alpha value is -1.91. The van der Waals surface area contributed by atoms with Gasteiger partial charge in [0.15, 0.2) is 0 Å². The van der Waals surface area contributed by atoms with E-state index >= 15 is 0 Å². The lowest BCUT2D eigenvalue weighted by atomic mass is 9.88. The van der Waals surface area contributed by atoms with Crippen LogP contribution in [-0.4, -0.2) is 22.0 Å². The maximum atomic E-state index is 12.1. The van der Waals surface area contributed by atoms with Crippen molar-refractivity contribution in [1.29, 1.82) is 0 Å². The summed E-state index contributed by atoms with van der Waals surface area (Å²) in [6.07, 6.45) is 5.59. The summed E-state index contributed by atoms with van der Waals surface area (Å²) in [5.74, 6) is -0.971. The van der Waals surface area contributed by atoms with E-state index in [2.05, 4.69) is 10.3 Å². The Morgan fingerprint density at radius 2 is 2.05 bits per heavy atom. The van der Waals surface area contributed by atoms with E-state index in [-0.39, 0.29) is 17.0 Å². The number of nitrogens with one attached hydrogen (secondary N) is 1. The summed E-state index contributed by atoms with van der Waals surface area (Å²) in [5.41, 5.74) is 0.576. The first-order chi connectivity index (χ1) is 9.01. The molecule has 1 saturated carbocycles. The maximum Gasteiger partial charge on any atom is 0.354 e. The van der Waals surface area contributed by atoms with Crippen LogP contribution < -0.4 is 5.32 Å². The molecule has 1 aliphatic carbocycles. The molecule has 2 rings (SSSR count). The monoisotopic (exact) mass is 262 g/mol. The van der Waals surface area contributed by atoms with Crippen molar-refractivity contribution < 1.29 is 14.7 Å². The Kier molecular flexibility index (Phi) is 3.83. The van der Waals surface area contributed by atoms with Crippen LogP contribution in [0.2, 0.25) is 0 Å². The van der Waals surface area contributed by atoms with Gasteiger partial charge in [0.25, 0.3) is 0 Å². The first-order valence-electron chi connectivity index (χ1n) is 6.48. The van der Waals surface area contributed by atoms with Crippen LogP contribution in [0.1, 0.15) is 48.7 Å². The second-order valence-corrected chi connectivity index (χ2v) is 5.31. The number of carboxylic acids is 1. The van der Waals surface area contributed by atoms with Crippen LogP contribution in [0.25, 0.3) is 0 Å². The largest absolute Gasteiger partial charge is 0.477 e. The standard InChI is InChI=1S/C14H18N2O3/c1-14(6-2-3-7-14)13(19)16-9-10-4-5-11(12(17)18)15-8-10/h4-5,8H,2-3,6-7,9H2,1H3,(H,16,19)(H,17,18). The van der Waals surface area contributed by atoms with Gasteiger partial charge in [-0.05, 0) is 24.5 Å². The van der Waals surface area contributed by atoms with Crippen molar-refractivity contribution in [3.8, 4) is 0 Å². The molecule has 0 unspecified atom stereocenters. The van der Waals surface area contributed by atoms with Gasteiger partial charge in [-0.3, -0.25) is 4.79 Å². The molecule has 0 aliphatic heterocycles. The number of carboxylic acid groups (broad SMARTS) is 1. The molecule has 0 spiro atoms. The molecule has 5 nitrogen and oxygen atoms in total. The number of amides is 1. The van der Waals surface area contributed by atoms with Crippen LogP contribution in [0.15, 0.2) is 18.3 Å². The normalized spacial score (nSPS) is 17.1. The van der Waals surface area contributed by atoms with E-state index in [1.54, 1.807) is 6.07 Å². The molecule has 1 amide bonds. The van der Waals surface area contributed by atoms with Crippen LogP contribution in [0.4, 0.5) is 0 Å². The molecule has 0 atom stereocenters. The Morgan fingerprint density at radius 3 is 2.58 bits per heavy atom. The third-order valence-electron chi connectivity index (χ3n) is 3.75. The van der Waals surface area contributed by atoms with E-state index in [0.717, 1.165) is 31.2 Å². The zero-order valence-electron chi connectivity index (χ0n) is 11.0. The smallest absolute Gasteiger partial charge is 0.354 e. The maximum absolute atomic E-state index is 12.1. The van der Waals surface area contributed by atoms with Gasteiger partial charge in [0.1, 0.15) is 5.69 Å². The Balaban J connectivity index is 1.91. The predicted molar refractivity (Wildman–Crippen MR) is 69.6 cm³/mol. The second kappa shape index (κ2) is 5.38. The molecule has 1 fully saturated rings. The molecule has 1 aromatic heterocycles. The van der Waals surface area contributed by atoms with Gasteiger partial charge in [-0.1, -0.05) is 25.8 Å². The lowest BCUT2D eigenvalue weighted by Gasteiger charge is -2.22. The topological polar surface area (TPSA) is 79.3 Å². The fourth-order valence-corrected chi connectivity index (χ4v) is 2.43. The molecular weight excluding hydrogens is 244 g/mol. The molecule has 1 aromatic rings. The molecule has 2 N–H and O–H groups in total. The fraction of sp³-hybridized carbons (Fsp3) is 0.500. The minimum atomic E-state index is -1.05. The summed E-state index contributed by atoms with van der Waals surface area (Å²) >= 11 is 0. The molecular formula is C14H18N2O3. The molecule has 0 radical (unpaired) electrons. The molecule has 0 aromatic carbocycles. The number of nitrogens with zero attached hydrogens (tertiary/aromatic N) is 1. The first-order valence-corrected chi connectivity index (χ1v) is 6.48. The molecule has 1 heterocycles. The molecule has 0 saturated heterocycles. The SMILES string of the molecule is CC1(C(=O)NCc2ccc(C(=O)O)nc2)CCCC1. The minimum absolute atomic E-state index is 0.0119. The Bertz CT molecular complexity index is 476. The van der Waals surface area contributed by atoms with E-state index in [1.165, 1.54) is 12.3 Å². The zero-order chi connectivity index (χ0) is 13.9. The van der Waals surface area contributed by atoms with Gasteiger partial charge in [-0.25, -0.2) is 9.78 Å². The van der Waals surface area contributed by atoms with Crippen LogP contribution in [0, 0.1) is 5.41 Å². The summed E-state index contributed by atoms with van der Waals surface area (Å²) in [6, 6.07) is 3.12. The fourth-order valence-electron chi connectivity index (χ4n) is 2.43. The molecule has 5 heteroatoms. The van der Waals surface area contributed by atoms with E-state index < -0.39 is 5.97 Å². The van der Waals surface area contributed by atoms with Crippen LogP contribution in [0.5, 0.6) is 0 Å². The highest BCUT2D eigenvalue weighted by molar-refractivity contribution is 5.85. The third-order valence-corrected chi connectivity index (χ3v) is 3.75. The van der Waals surface area contributed by atoms with E-state index in [9.17, 15) is 9.59 Å². The summed E-state index contributed by atoms with van der Waals surface area (Å²) in [6.45, 7) is 2.39. The van der Waals surface area contributed by atoms with Crippen LogP contribution in [0.3, 0.4) is 0 Å². The number of aromatic carboxylic acids is 1. The van der Waals surface area contributed by atoms with Crippen LogP contribution in [-0.2, 0) is 11.3 Å². The number of hydrogen-bond acceptors (Lipinski definition) is 3. The molecule has 0 bridgehead atoms. The van der Waals surface area contributed by atoms with Crippen molar-refractivity contribution in [1.82, 2.24) is 10.3 Å². The van der Waals surface area contributed by atoms with E-state index in [4.69, 9.17) is 5.11 Å². The summed E-state index contributed by atoms with van der Waals surface area (Å²) in [4.78, 5) is 26.6. The Morgan fingerprint density at radius 1 is 1.37 bits per heavy atom. The van der Waals surface area contributed by atoms with Gasteiger partial charge in [0.2, 0.25) is 5.91 Å². The average molecular weight is 262 g/mol. The van der Waals surface area contributed by atoms with Gasteiger partial charge >= 0.3 is 5.97 Å². The summed E-state index contributed by atoms with van der Waals surface area (Å²) < 4.78 is 0. The zero-order valence-corrected chi connectivity index (χ0v) is 11.0. The lowest BCUT2D eigenvalue weighted by molar-refractivity contribution is -0.130. The number of carbonyl (C=O) groups is 2. The first kappa shape index (κ1) is 13.5. The highest BCUT2D eigenvalue weighted by Crippen LogP contribution is 2.37. The van der Waals surface area contributed by atoms with Gasteiger partial charge in [0.05, 0.1) is 0 Å². The predicted octanol–water partition coefficient (Wildman–Crippen LogP) is 1.98.